The molecule has 1 aromatic rings. The third-order valence-electron chi connectivity index (χ3n) is 1.99. The molecule has 0 radical (unpaired) electrons. The molecule has 0 amide bonds. The molecule has 17 heavy (non-hydrogen) atoms. The average Bonchev–Trinajstić information content (AvgIpc) is 2.37. The van der Waals surface area contributed by atoms with Crippen LogP contribution < -0.4 is 0 Å². The van der Waals surface area contributed by atoms with Crippen LogP contribution in [0.15, 0.2) is 42.2 Å². The van der Waals surface area contributed by atoms with Crippen LogP contribution in [-0.2, 0) is 14.3 Å². The Morgan fingerprint density at radius 1 is 1.29 bits per heavy atom. The number of rotatable bonds is 3. The molecule has 0 aliphatic rings. The number of carbonyl (C=O) groups is 1. The van der Waals surface area contributed by atoms with E-state index in [9.17, 15) is 4.79 Å². The van der Waals surface area contributed by atoms with E-state index in [2.05, 4.69) is 23.8 Å². The lowest BCUT2D eigenvalue weighted by atomic mass is 10.2. The monoisotopic (exact) mass is 236 g/mol. The van der Waals surface area contributed by atoms with Crippen LogP contribution in [0.2, 0.25) is 0 Å². The van der Waals surface area contributed by atoms with Gasteiger partial charge in [0.25, 0.3) is 0 Å². The van der Waals surface area contributed by atoms with E-state index in [0.29, 0.717) is 0 Å². The van der Waals surface area contributed by atoms with Crippen molar-refractivity contribution in [2.24, 2.45) is 0 Å². The van der Waals surface area contributed by atoms with Crippen molar-refractivity contribution >= 4 is 5.97 Å². The SMILES string of the molecule is CC=C(C)OCC(=O)OC.Cc1ccccc1. The van der Waals surface area contributed by atoms with Crippen molar-refractivity contribution in [1.82, 2.24) is 0 Å². The number of ether oxygens (including phenoxy) is 2. The van der Waals surface area contributed by atoms with Crippen LogP contribution in [0.3, 0.4) is 0 Å². The molecule has 0 N–H and O–H groups in total. The van der Waals surface area contributed by atoms with Gasteiger partial charge in [-0.2, -0.15) is 0 Å². The first kappa shape index (κ1) is 15.2. The molecule has 0 fully saturated rings. The number of methoxy groups -OCH3 is 1. The second kappa shape index (κ2) is 9.46. The smallest absolute Gasteiger partial charge is 0.343 e. The molecule has 3 heteroatoms. The molecule has 0 aliphatic heterocycles. The van der Waals surface area contributed by atoms with Crippen LogP contribution in [0, 0.1) is 6.92 Å². The minimum absolute atomic E-state index is 0.00727. The summed E-state index contributed by atoms with van der Waals surface area (Å²) in [6.45, 7) is 5.70. The quantitative estimate of drug-likeness (QED) is 0.597. The molecule has 0 heterocycles. The van der Waals surface area contributed by atoms with Gasteiger partial charge >= 0.3 is 5.97 Å². The summed E-state index contributed by atoms with van der Waals surface area (Å²) in [5, 5.41) is 0. The maximum atomic E-state index is 10.5. The maximum absolute atomic E-state index is 10.5. The fourth-order valence-electron chi connectivity index (χ4n) is 0.849. The van der Waals surface area contributed by atoms with E-state index in [0.717, 1.165) is 5.76 Å². The summed E-state index contributed by atoms with van der Waals surface area (Å²) in [6.07, 6.45) is 1.78. The summed E-state index contributed by atoms with van der Waals surface area (Å²) in [4.78, 5) is 10.5. The van der Waals surface area contributed by atoms with Gasteiger partial charge in [0, 0.05) is 0 Å². The van der Waals surface area contributed by atoms with Crippen molar-refractivity contribution in [1.29, 1.82) is 0 Å². The summed E-state index contributed by atoms with van der Waals surface area (Å²) in [7, 11) is 1.33. The lowest BCUT2D eigenvalue weighted by Gasteiger charge is -2.02. The highest BCUT2D eigenvalue weighted by molar-refractivity contribution is 5.70. The van der Waals surface area contributed by atoms with Crippen molar-refractivity contribution in [3.05, 3.63) is 47.7 Å². The second-order valence-electron chi connectivity index (χ2n) is 3.42. The van der Waals surface area contributed by atoms with Gasteiger partial charge in [-0.1, -0.05) is 35.9 Å². The Balaban J connectivity index is 0.000000318. The Kier molecular flexibility index (Phi) is 8.47. The van der Waals surface area contributed by atoms with Crippen LogP contribution in [0.25, 0.3) is 0 Å². The standard InChI is InChI=1S/C7H12O3.C7H8/c1-4-6(2)10-5-7(8)9-3;1-7-5-3-2-4-6-7/h4H,5H2,1-3H3;2-6H,1H3. The van der Waals surface area contributed by atoms with Crippen molar-refractivity contribution in [3.63, 3.8) is 0 Å². The van der Waals surface area contributed by atoms with Crippen LogP contribution in [0.1, 0.15) is 19.4 Å². The summed E-state index contributed by atoms with van der Waals surface area (Å²) in [5.74, 6) is 0.367. The first-order valence-electron chi connectivity index (χ1n) is 5.44. The molecule has 3 nitrogen and oxygen atoms in total. The Morgan fingerprint density at radius 3 is 2.24 bits per heavy atom. The van der Waals surface area contributed by atoms with Gasteiger partial charge < -0.3 is 9.47 Å². The summed E-state index contributed by atoms with van der Waals surface area (Å²) in [5.41, 5.74) is 1.32. The number of allylic oxidation sites excluding steroid dienone is 2. The zero-order chi connectivity index (χ0) is 13.1. The molecular formula is C14H20O3. The molecule has 1 rings (SSSR count). The average molecular weight is 236 g/mol. The van der Waals surface area contributed by atoms with Crippen molar-refractivity contribution in [2.45, 2.75) is 20.8 Å². The predicted molar refractivity (Wildman–Crippen MR) is 68.6 cm³/mol. The molecule has 0 saturated heterocycles. The lowest BCUT2D eigenvalue weighted by molar-refractivity contribution is -0.144. The molecule has 0 bridgehead atoms. The number of hydrogen-bond donors (Lipinski definition) is 0. The number of aryl methyl sites for hydroxylation is 1. The fourth-order valence-corrected chi connectivity index (χ4v) is 0.849. The highest BCUT2D eigenvalue weighted by Gasteiger charge is 1.98. The number of esters is 1. The molecule has 0 atom stereocenters. The van der Waals surface area contributed by atoms with Gasteiger partial charge in [-0.3, -0.25) is 0 Å². The van der Waals surface area contributed by atoms with Gasteiger partial charge in [0.05, 0.1) is 12.9 Å². The van der Waals surface area contributed by atoms with E-state index in [1.807, 2.05) is 25.1 Å². The highest BCUT2D eigenvalue weighted by Crippen LogP contribution is 1.93. The molecule has 1 aromatic carbocycles. The molecule has 0 spiro atoms. The summed E-state index contributed by atoms with van der Waals surface area (Å²) in [6, 6.07) is 10.3. The van der Waals surface area contributed by atoms with Crippen molar-refractivity contribution in [2.75, 3.05) is 13.7 Å². The van der Waals surface area contributed by atoms with E-state index in [1.165, 1.54) is 12.7 Å². The van der Waals surface area contributed by atoms with Crippen LogP contribution >= 0.6 is 0 Å². The number of benzene rings is 1. The minimum atomic E-state index is -0.360. The first-order chi connectivity index (χ1) is 8.10. The molecule has 0 aliphatic carbocycles. The summed E-state index contributed by atoms with van der Waals surface area (Å²) < 4.78 is 9.28. The van der Waals surface area contributed by atoms with E-state index in [4.69, 9.17) is 4.74 Å². The Bertz CT molecular complexity index is 342. The topological polar surface area (TPSA) is 35.5 Å². The predicted octanol–water partition coefficient (Wildman–Crippen LogP) is 3.09. The molecule has 0 unspecified atom stereocenters. The van der Waals surface area contributed by atoms with Crippen LogP contribution in [0.4, 0.5) is 0 Å². The third kappa shape index (κ3) is 9.18. The second-order valence-corrected chi connectivity index (χ2v) is 3.42. The van der Waals surface area contributed by atoms with Crippen LogP contribution in [0.5, 0.6) is 0 Å². The zero-order valence-electron chi connectivity index (χ0n) is 10.9. The van der Waals surface area contributed by atoms with E-state index in [1.54, 1.807) is 13.0 Å². The molecular weight excluding hydrogens is 216 g/mol. The number of carbonyl (C=O) groups excluding carboxylic acids is 1. The fraction of sp³-hybridized carbons (Fsp3) is 0.357. The summed E-state index contributed by atoms with van der Waals surface area (Å²) >= 11 is 0. The first-order valence-corrected chi connectivity index (χ1v) is 5.44. The van der Waals surface area contributed by atoms with E-state index < -0.39 is 0 Å². The Labute approximate surface area is 103 Å². The highest BCUT2D eigenvalue weighted by atomic mass is 16.6. The Hall–Kier alpha value is -1.77. The van der Waals surface area contributed by atoms with Gasteiger partial charge in [0.2, 0.25) is 0 Å². The van der Waals surface area contributed by atoms with Gasteiger partial charge in [-0.15, -0.1) is 0 Å². The van der Waals surface area contributed by atoms with E-state index in [-0.39, 0.29) is 12.6 Å². The largest absolute Gasteiger partial charge is 0.487 e. The zero-order valence-corrected chi connectivity index (χ0v) is 10.9. The van der Waals surface area contributed by atoms with Gasteiger partial charge in [0.15, 0.2) is 6.61 Å². The third-order valence-corrected chi connectivity index (χ3v) is 1.99. The normalized spacial score (nSPS) is 10.0. The van der Waals surface area contributed by atoms with Crippen molar-refractivity contribution in [3.8, 4) is 0 Å². The lowest BCUT2D eigenvalue weighted by Crippen LogP contribution is -2.08. The van der Waals surface area contributed by atoms with Gasteiger partial charge in [-0.05, 0) is 26.8 Å². The maximum Gasteiger partial charge on any atom is 0.343 e. The minimum Gasteiger partial charge on any atom is -0.487 e. The van der Waals surface area contributed by atoms with Crippen molar-refractivity contribution < 1.29 is 14.3 Å². The van der Waals surface area contributed by atoms with Gasteiger partial charge in [-0.25, -0.2) is 4.79 Å². The Morgan fingerprint density at radius 2 is 1.88 bits per heavy atom. The number of hydrogen-bond acceptors (Lipinski definition) is 3. The van der Waals surface area contributed by atoms with Gasteiger partial charge in [0.1, 0.15) is 0 Å². The van der Waals surface area contributed by atoms with E-state index >= 15 is 0 Å². The molecule has 0 saturated carbocycles. The molecule has 0 aromatic heterocycles. The van der Waals surface area contributed by atoms with Crippen LogP contribution in [-0.4, -0.2) is 19.7 Å². The molecule has 94 valence electrons.